The van der Waals surface area contributed by atoms with E-state index in [1.165, 1.54) is 0 Å². The molecule has 23 heavy (non-hydrogen) atoms. The topological polar surface area (TPSA) is 45.2 Å². The Morgan fingerprint density at radius 1 is 1.13 bits per heavy atom. The number of nitrogens with one attached hydrogen (secondary N) is 1. The minimum Gasteiger partial charge on any atom is -0.329 e. The standard InChI is InChI=1S/C19H19N3O/c1-19(2)17(21-18(23)22(19)3)15-10-12-16(20-13-15)11-9-14-7-5-4-6-8-14/h4-8,10,12-13,17H,1-3H3,(H,21,23). The van der Waals surface area contributed by atoms with Crippen molar-refractivity contribution in [3.63, 3.8) is 0 Å². The zero-order valence-electron chi connectivity index (χ0n) is 13.5. The van der Waals surface area contributed by atoms with Crippen LogP contribution in [0.2, 0.25) is 0 Å². The molecule has 1 aromatic heterocycles. The molecule has 0 saturated carbocycles. The van der Waals surface area contributed by atoms with E-state index in [1.54, 1.807) is 11.1 Å². The van der Waals surface area contributed by atoms with Crippen LogP contribution in [-0.4, -0.2) is 28.5 Å². The van der Waals surface area contributed by atoms with E-state index < -0.39 is 0 Å². The number of carbonyl (C=O) groups is 1. The molecule has 4 heteroatoms. The first kappa shape index (κ1) is 15.1. The molecule has 1 aromatic carbocycles. The van der Waals surface area contributed by atoms with Gasteiger partial charge in [-0.05, 0) is 43.5 Å². The minimum absolute atomic E-state index is 0.0621. The van der Waals surface area contributed by atoms with Crippen molar-refractivity contribution in [3.05, 3.63) is 65.5 Å². The van der Waals surface area contributed by atoms with Crippen LogP contribution in [0.3, 0.4) is 0 Å². The lowest BCUT2D eigenvalue weighted by Gasteiger charge is -2.31. The summed E-state index contributed by atoms with van der Waals surface area (Å²) in [7, 11) is 1.81. The molecule has 0 radical (unpaired) electrons. The molecule has 4 nitrogen and oxygen atoms in total. The van der Waals surface area contributed by atoms with Crippen molar-refractivity contribution in [2.75, 3.05) is 7.05 Å². The molecule has 2 amide bonds. The van der Waals surface area contributed by atoms with Crippen LogP contribution in [0, 0.1) is 11.8 Å². The fourth-order valence-corrected chi connectivity index (χ4v) is 2.65. The van der Waals surface area contributed by atoms with Crippen LogP contribution >= 0.6 is 0 Å². The Morgan fingerprint density at radius 2 is 1.87 bits per heavy atom. The highest BCUT2D eigenvalue weighted by Crippen LogP contribution is 2.34. The summed E-state index contributed by atoms with van der Waals surface area (Å²) >= 11 is 0. The summed E-state index contributed by atoms with van der Waals surface area (Å²) in [6.07, 6.45) is 1.79. The van der Waals surface area contributed by atoms with Crippen LogP contribution in [0.4, 0.5) is 4.79 Å². The third-order valence-electron chi connectivity index (χ3n) is 4.37. The Kier molecular flexibility index (Phi) is 3.79. The third kappa shape index (κ3) is 2.91. The molecule has 3 rings (SSSR count). The van der Waals surface area contributed by atoms with E-state index in [0.717, 1.165) is 11.1 Å². The number of pyridine rings is 1. The summed E-state index contributed by atoms with van der Waals surface area (Å²) in [5.41, 5.74) is 2.37. The smallest absolute Gasteiger partial charge is 0.318 e. The van der Waals surface area contributed by atoms with Gasteiger partial charge in [-0.15, -0.1) is 0 Å². The first-order valence-corrected chi connectivity index (χ1v) is 7.56. The molecule has 0 aliphatic carbocycles. The van der Waals surface area contributed by atoms with Gasteiger partial charge in [0.05, 0.1) is 11.6 Å². The van der Waals surface area contributed by atoms with Crippen molar-refractivity contribution in [3.8, 4) is 11.8 Å². The average molecular weight is 305 g/mol. The van der Waals surface area contributed by atoms with E-state index in [2.05, 4.69) is 22.1 Å². The van der Waals surface area contributed by atoms with Gasteiger partial charge in [-0.2, -0.15) is 0 Å². The summed E-state index contributed by atoms with van der Waals surface area (Å²) in [5.74, 6) is 6.15. The van der Waals surface area contributed by atoms with Gasteiger partial charge < -0.3 is 10.2 Å². The lowest BCUT2D eigenvalue weighted by molar-refractivity contribution is 0.187. The number of hydrogen-bond donors (Lipinski definition) is 1. The first-order chi connectivity index (χ1) is 11.0. The van der Waals surface area contributed by atoms with Gasteiger partial charge in [0, 0.05) is 18.8 Å². The van der Waals surface area contributed by atoms with Crippen molar-refractivity contribution in [1.82, 2.24) is 15.2 Å². The Bertz CT molecular complexity index is 770. The molecule has 2 aromatic rings. The molecule has 1 atom stereocenters. The second kappa shape index (κ2) is 5.77. The van der Waals surface area contributed by atoms with Gasteiger partial charge in [-0.3, -0.25) is 0 Å². The fraction of sp³-hybridized carbons (Fsp3) is 0.263. The number of rotatable bonds is 1. The number of aromatic nitrogens is 1. The Morgan fingerprint density at radius 3 is 2.43 bits per heavy atom. The predicted octanol–water partition coefficient (Wildman–Crippen LogP) is 2.96. The summed E-state index contributed by atoms with van der Waals surface area (Å²) in [6, 6.07) is 13.6. The van der Waals surface area contributed by atoms with E-state index in [9.17, 15) is 4.79 Å². The monoisotopic (exact) mass is 305 g/mol. The SMILES string of the molecule is CN1C(=O)NC(c2ccc(C#Cc3ccccc3)nc2)C1(C)C. The van der Waals surface area contributed by atoms with Gasteiger partial charge in [-0.1, -0.05) is 30.2 Å². The lowest BCUT2D eigenvalue weighted by atomic mass is 9.90. The summed E-state index contributed by atoms with van der Waals surface area (Å²) in [5, 5.41) is 3.00. The number of benzene rings is 1. The van der Waals surface area contributed by atoms with Crippen LogP contribution in [-0.2, 0) is 0 Å². The molecule has 1 fully saturated rings. The fourth-order valence-electron chi connectivity index (χ4n) is 2.65. The molecule has 1 N–H and O–H groups in total. The highest BCUT2D eigenvalue weighted by atomic mass is 16.2. The predicted molar refractivity (Wildman–Crippen MR) is 89.8 cm³/mol. The van der Waals surface area contributed by atoms with E-state index >= 15 is 0 Å². The number of hydrogen-bond acceptors (Lipinski definition) is 2. The van der Waals surface area contributed by atoms with Crippen LogP contribution < -0.4 is 5.32 Å². The number of nitrogens with zero attached hydrogens (tertiary/aromatic N) is 2. The molecule has 1 unspecified atom stereocenters. The Balaban J connectivity index is 1.81. The highest BCUT2D eigenvalue weighted by molar-refractivity contribution is 5.78. The molecule has 0 bridgehead atoms. The molecule has 1 saturated heterocycles. The van der Waals surface area contributed by atoms with Gasteiger partial charge >= 0.3 is 6.03 Å². The maximum atomic E-state index is 11.9. The van der Waals surface area contributed by atoms with Crippen molar-refractivity contribution in [2.45, 2.75) is 25.4 Å². The van der Waals surface area contributed by atoms with Gasteiger partial charge in [0.25, 0.3) is 0 Å². The zero-order chi connectivity index (χ0) is 16.4. The molecular weight excluding hydrogens is 286 g/mol. The Hall–Kier alpha value is -2.80. The van der Waals surface area contributed by atoms with Crippen molar-refractivity contribution < 1.29 is 4.79 Å². The van der Waals surface area contributed by atoms with Crippen LogP contribution in [0.5, 0.6) is 0 Å². The largest absolute Gasteiger partial charge is 0.329 e. The van der Waals surface area contributed by atoms with Crippen LogP contribution in [0.25, 0.3) is 0 Å². The van der Waals surface area contributed by atoms with Gasteiger partial charge in [0.2, 0.25) is 0 Å². The van der Waals surface area contributed by atoms with Crippen molar-refractivity contribution in [1.29, 1.82) is 0 Å². The number of likely N-dealkylation sites (N-methyl/N-ethyl adjacent to an activating group) is 1. The van der Waals surface area contributed by atoms with Crippen LogP contribution in [0.1, 0.15) is 36.7 Å². The summed E-state index contributed by atoms with van der Waals surface area (Å²) < 4.78 is 0. The van der Waals surface area contributed by atoms with E-state index in [1.807, 2.05) is 63.4 Å². The molecule has 116 valence electrons. The van der Waals surface area contributed by atoms with Crippen molar-refractivity contribution in [2.24, 2.45) is 0 Å². The molecule has 0 spiro atoms. The van der Waals surface area contributed by atoms with E-state index in [-0.39, 0.29) is 17.6 Å². The van der Waals surface area contributed by atoms with Gasteiger partial charge in [0.15, 0.2) is 0 Å². The second-order valence-corrected chi connectivity index (χ2v) is 6.19. The second-order valence-electron chi connectivity index (χ2n) is 6.19. The summed E-state index contributed by atoms with van der Waals surface area (Å²) in [6.45, 7) is 4.08. The van der Waals surface area contributed by atoms with E-state index in [0.29, 0.717) is 5.69 Å². The molecule has 1 aliphatic heterocycles. The van der Waals surface area contributed by atoms with Gasteiger partial charge in [-0.25, -0.2) is 9.78 Å². The van der Waals surface area contributed by atoms with E-state index in [4.69, 9.17) is 0 Å². The third-order valence-corrected chi connectivity index (χ3v) is 4.37. The average Bonchev–Trinajstić information content (AvgIpc) is 2.77. The maximum Gasteiger partial charge on any atom is 0.318 e. The maximum absolute atomic E-state index is 11.9. The molecular formula is C19H19N3O. The first-order valence-electron chi connectivity index (χ1n) is 7.56. The highest BCUT2D eigenvalue weighted by Gasteiger charge is 2.44. The number of amides is 2. The zero-order valence-corrected chi connectivity index (χ0v) is 13.5. The van der Waals surface area contributed by atoms with Crippen molar-refractivity contribution >= 4 is 6.03 Å². The van der Waals surface area contributed by atoms with Crippen LogP contribution in [0.15, 0.2) is 48.7 Å². The Labute approximate surface area is 136 Å². The number of urea groups is 1. The molecule has 1 aliphatic rings. The van der Waals surface area contributed by atoms with Gasteiger partial charge in [0.1, 0.15) is 5.69 Å². The summed E-state index contributed by atoms with van der Waals surface area (Å²) in [4.78, 5) is 18.0. The number of carbonyl (C=O) groups excluding carboxylic acids is 1. The normalized spacial score (nSPS) is 19.0. The molecule has 2 heterocycles. The quantitative estimate of drug-likeness (QED) is 0.823. The lowest BCUT2D eigenvalue weighted by Crippen LogP contribution is -2.40. The minimum atomic E-state index is -0.296.